The normalized spacial score (nSPS) is 12.2. The number of nitrogens with two attached hydrogens (primary N) is 2. The van der Waals surface area contributed by atoms with E-state index in [-0.39, 0.29) is 6.61 Å². The smallest absolute Gasteiger partial charge is 0.237 e. The standard InChI is InChI=1S/C9H10Cl2N2O2/c10-5-1-2-8(6(11)3-5)15-4-7(12)9(13)14/h1-3,7H,4,12H2,(H2,13,14). The molecule has 1 aromatic carbocycles. The minimum atomic E-state index is -0.850. The topological polar surface area (TPSA) is 78.3 Å². The van der Waals surface area contributed by atoms with E-state index in [9.17, 15) is 4.79 Å². The summed E-state index contributed by atoms with van der Waals surface area (Å²) in [5.74, 6) is -0.210. The van der Waals surface area contributed by atoms with Gasteiger partial charge in [-0.1, -0.05) is 23.2 Å². The summed E-state index contributed by atoms with van der Waals surface area (Å²) in [5.41, 5.74) is 10.3. The number of carbonyl (C=O) groups excluding carboxylic acids is 1. The van der Waals surface area contributed by atoms with E-state index in [1.165, 1.54) is 6.07 Å². The molecule has 0 aromatic heterocycles. The molecule has 0 aliphatic carbocycles. The van der Waals surface area contributed by atoms with Crippen LogP contribution < -0.4 is 16.2 Å². The maximum absolute atomic E-state index is 10.6. The average molecular weight is 249 g/mol. The number of carbonyl (C=O) groups is 1. The van der Waals surface area contributed by atoms with Crippen molar-refractivity contribution < 1.29 is 9.53 Å². The Morgan fingerprint density at radius 2 is 2.13 bits per heavy atom. The Morgan fingerprint density at radius 1 is 1.47 bits per heavy atom. The highest BCUT2D eigenvalue weighted by Crippen LogP contribution is 2.27. The van der Waals surface area contributed by atoms with Crippen molar-refractivity contribution >= 4 is 29.1 Å². The molecule has 0 heterocycles. The zero-order valence-electron chi connectivity index (χ0n) is 7.74. The molecule has 0 bridgehead atoms. The Hall–Kier alpha value is -0.970. The van der Waals surface area contributed by atoms with Crippen LogP contribution in [0.5, 0.6) is 5.75 Å². The van der Waals surface area contributed by atoms with Crippen LogP contribution in [0.15, 0.2) is 18.2 Å². The van der Waals surface area contributed by atoms with E-state index in [2.05, 4.69) is 0 Å². The molecule has 0 radical (unpaired) electrons. The molecule has 4 nitrogen and oxygen atoms in total. The van der Waals surface area contributed by atoms with Gasteiger partial charge < -0.3 is 16.2 Å². The van der Waals surface area contributed by atoms with Crippen LogP contribution in [0.25, 0.3) is 0 Å². The van der Waals surface area contributed by atoms with Crippen LogP contribution >= 0.6 is 23.2 Å². The average Bonchev–Trinajstić information content (AvgIpc) is 2.15. The molecule has 1 rings (SSSR count). The van der Waals surface area contributed by atoms with E-state index in [1.807, 2.05) is 0 Å². The summed E-state index contributed by atoms with van der Waals surface area (Å²) in [5, 5.41) is 0.866. The summed E-state index contributed by atoms with van der Waals surface area (Å²) in [7, 11) is 0. The molecule has 0 saturated carbocycles. The number of ether oxygens (including phenoxy) is 1. The van der Waals surface area contributed by atoms with E-state index in [0.29, 0.717) is 15.8 Å². The second kappa shape index (κ2) is 5.21. The monoisotopic (exact) mass is 248 g/mol. The summed E-state index contributed by atoms with van der Waals surface area (Å²) in [6.07, 6.45) is 0. The highest BCUT2D eigenvalue weighted by molar-refractivity contribution is 6.35. The largest absolute Gasteiger partial charge is 0.490 e. The molecule has 1 aromatic rings. The predicted octanol–water partition coefficient (Wildman–Crippen LogP) is 1.18. The highest BCUT2D eigenvalue weighted by atomic mass is 35.5. The number of rotatable bonds is 4. The second-order valence-electron chi connectivity index (χ2n) is 2.89. The van der Waals surface area contributed by atoms with Crippen molar-refractivity contribution in [3.8, 4) is 5.75 Å². The van der Waals surface area contributed by atoms with Gasteiger partial charge in [-0.3, -0.25) is 4.79 Å². The molecule has 1 atom stereocenters. The number of primary amides is 1. The van der Waals surface area contributed by atoms with Crippen LogP contribution in [0.3, 0.4) is 0 Å². The fourth-order valence-electron chi connectivity index (χ4n) is 0.854. The molecule has 0 fully saturated rings. The van der Waals surface area contributed by atoms with Gasteiger partial charge in [-0.15, -0.1) is 0 Å². The van der Waals surface area contributed by atoms with Crippen LogP contribution in [0, 0.1) is 0 Å². The van der Waals surface area contributed by atoms with E-state index in [0.717, 1.165) is 0 Å². The van der Waals surface area contributed by atoms with Gasteiger partial charge in [-0.05, 0) is 18.2 Å². The number of amides is 1. The van der Waals surface area contributed by atoms with E-state index in [1.54, 1.807) is 12.1 Å². The third kappa shape index (κ3) is 3.58. The van der Waals surface area contributed by atoms with Crippen molar-refractivity contribution in [2.45, 2.75) is 6.04 Å². The van der Waals surface area contributed by atoms with Gasteiger partial charge in [0, 0.05) is 5.02 Å². The Bertz CT molecular complexity index is 371. The van der Waals surface area contributed by atoms with E-state index in [4.69, 9.17) is 39.4 Å². The number of benzene rings is 1. The van der Waals surface area contributed by atoms with Gasteiger partial charge in [0.15, 0.2) is 0 Å². The van der Waals surface area contributed by atoms with Crippen LogP contribution in [0.2, 0.25) is 10.0 Å². The molecule has 6 heteroatoms. The maximum Gasteiger partial charge on any atom is 0.237 e. The highest BCUT2D eigenvalue weighted by Gasteiger charge is 2.11. The van der Waals surface area contributed by atoms with Crippen molar-refractivity contribution in [2.24, 2.45) is 11.5 Å². The van der Waals surface area contributed by atoms with Gasteiger partial charge >= 0.3 is 0 Å². The summed E-state index contributed by atoms with van der Waals surface area (Å²) >= 11 is 11.5. The zero-order chi connectivity index (χ0) is 11.4. The van der Waals surface area contributed by atoms with Gasteiger partial charge in [-0.25, -0.2) is 0 Å². The van der Waals surface area contributed by atoms with Crippen LogP contribution in [-0.2, 0) is 4.79 Å². The van der Waals surface area contributed by atoms with Gasteiger partial charge in [-0.2, -0.15) is 0 Å². The third-order valence-corrected chi connectivity index (χ3v) is 2.21. The third-order valence-electron chi connectivity index (χ3n) is 1.68. The van der Waals surface area contributed by atoms with Gasteiger partial charge in [0.05, 0.1) is 5.02 Å². The molecular formula is C9H10Cl2N2O2. The lowest BCUT2D eigenvalue weighted by molar-refractivity contribution is -0.119. The molecule has 0 aliphatic rings. The second-order valence-corrected chi connectivity index (χ2v) is 3.74. The SMILES string of the molecule is NC(=O)C(N)COc1ccc(Cl)cc1Cl. The van der Waals surface area contributed by atoms with Gasteiger partial charge in [0.1, 0.15) is 18.4 Å². The first-order valence-corrected chi connectivity index (χ1v) is 4.89. The lowest BCUT2D eigenvalue weighted by Crippen LogP contribution is -2.41. The first-order chi connectivity index (χ1) is 7.00. The summed E-state index contributed by atoms with van der Waals surface area (Å²) in [4.78, 5) is 10.6. The minimum absolute atomic E-state index is 0.0172. The van der Waals surface area contributed by atoms with E-state index >= 15 is 0 Å². The Labute approximate surface area is 97.1 Å². The fraction of sp³-hybridized carbons (Fsp3) is 0.222. The maximum atomic E-state index is 10.6. The van der Waals surface area contributed by atoms with Crippen molar-refractivity contribution in [1.29, 1.82) is 0 Å². The Balaban J connectivity index is 2.62. The lowest BCUT2D eigenvalue weighted by atomic mass is 10.3. The first kappa shape index (κ1) is 12.1. The van der Waals surface area contributed by atoms with Crippen molar-refractivity contribution in [2.75, 3.05) is 6.61 Å². The van der Waals surface area contributed by atoms with Gasteiger partial charge in [0.2, 0.25) is 5.91 Å². The molecule has 82 valence electrons. The van der Waals surface area contributed by atoms with Crippen LogP contribution in [0.4, 0.5) is 0 Å². The summed E-state index contributed by atoms with van der Waals surface area (Å²) in [6, 6.07) is 3.90. The lowest BCUT2D eigenvalue weighted by Gasteiger charge is -2.11. The van der Waals surface area contributed by atoms with Crippen LogP contribution in [-0.4, -0.2) is 18.6 Å². The van der Waals surface area contributed by atoms with Crippen molar-refractivity contribution in [3.05, 3.63) is 28.2 Å². The number of halogens is 2. The van der Waals surface area contributed by atoms with Crippen LogP contribution in [0.1, 0.15) is 0 Å². The fourth-order valence-corrected chi connectivity index (χ4v) is 1.32. The van der Waals surface area contributed by atoms with Crippen molar-refractivity contribution in [3.63, 3.8) is 0 Å². The molecule has 0 aliphatic heterocycles. The molecule has 0 saturated heterocycles. The summed E-state index contributed by atoms with van der Waals surface area (Å²) < 4.78 is 5.20. The first-order valence-electron chi connectivity index (χ1n) is 4.13. The Morgan fingerprint density at radius 3 is 2.67 bits per heavy atom. The Kier molecular flexibility index (Phi) is 4.20. The molecule has 0 spiro atoms. The van der Waals surface area contributed by atoms with Crippen molar-refractivity contribution in [1.82, 2.24) is 0 Å². The number of hydrogen-bond acceptors (Lipinski definition) is 3. The minimum Gasteiger partial charge on any atom is -0.490 e. The molecule has 1 unspecified atom stereocenters. The molecule has 1 amide bonds. The quantitative estimate of drug-likeness (QED) is 0.841. The molecular weight excluding hydrogens is 239 g/mol. The number of hydrogen-bond donors (Lipinski definition) is 2. The van der Waals surface area contributed by atoms with E-state index < -0.39 is 11.9 Å². The molecule has 15 heavy (non-hydrogen) atoms. The van der Waals surface area contributed by atoms with Gasteiger partial charge in [0.25, 0.3) is 0 Å². The molecule has 4 N–H and O–H groups in total. The predicted molar refractivity (Wildman–Crippen MR) is 59.1 cm³/mol. The zero-order valence-corrected chi connectivity index (χ0v) is 9.26. The summed E-state index contributed by atoms with van der Waals surface area (Å²) in [6.45, 7) is -0.0172.